The fourth-order valence-electron chi connectivity index (χ4n) is 3.45. The standard InChI is InChI=1S/C21H28N2O3S/c1-18-8-10-19(11-9-18)27(24,25)17-5-12-22-13-15-23(16-14-22)20-6-3-4-7-21(20)26-2/h3-4,6-11H,5,12-17H2,1-2H3. The van der Waals surface area contributed by atoms with Crippen LogP contribution in [0.25, 0.3) is 0 Å². The summed E-state index contributed by atoms with van der Waals surface area (Å²) in [4.78, 5) is 5.10. The lowest BCUT2D eigenvalue weighted by molar-refractivity contribution is 0.258. The number of anilines is 1. The van der Waals surface area contributed by atoms with Gasteiger partial charge in [-0.25, -0.2) is 8.42 Å². The summed E-state index contributed by atoms with van der Waals surface area (Å²) >= 11 is 0. The third-order valence-corrected chi connectivity index (χ3v) is 6.88. The maximum absolute atomic E-state index is 12.5. The van der Waals surface area contributed by atoms with Gasteiger partial charge in [0.1, 0.15) is 5.75 Å². The summed E-state index contributed by atoms with van der Waals surface area (Å²) < 4.78 is 30.4. The maximum Gasteiger partial charge on any atom is 0.178 e. The second-order valence-electron chi connectivity index (χ2n) is 6.99. The van der Waals surface area contributed by atoms with E-state index in [-0.39, 0.29) is 5.75 Å². The van der Waals surface area contributed by atoms with Crippen LogP contribution in [0, 0.1) is 6.92 Å². The Morgan fingerprint density at radius 1 is 0.963 bits per heavy atom. The van der Waals surface area contributed by atoms with Crippen molar-refractivity contribution in [1.29, 1.82) is 0 Å². The van der Waals surface area contributed by atoms with Crippen LogP contribution in [0.1, 0.15) is 12.0 Å². The van der Waals surface area contributed by atoms with Crippen molar-refractivity contribution >= 4 is 15.5 Å². The average molecular weight is 389 g/mol. The lowest BCUT2D eigenvalue weighted by Gasteiger charge is -2.36. The second-order valence-corrected chi connectivity index (χ2v) is 9.10. The molecule has 2 aromatic carbocycles. The highest BCUT2D eigenvalue weighted by Gasteiger charge is 2.20. The smallest absolute Gasteiger partial charge is 0.178 e. The van der Waals surface area contributed by atoms with Crippen LogP contribution in [-0.2, 0) is 9.84 Å². The number of benzene rings is 2. The van der Waals surface area contributed by atoms with Crippen molar-refractivity contribution in [2.75, 3.05) is 50.5 Å². The summed E-state index contributed by atoms with van der Waals surface area (Å²) in [7, 11) is -1.50. The van der Waals surface area contributed by atoms with Gasteiger partial charge >= 0.3 is 0 Å². The molecule has 0 radical (unpaired) electrons. The Bertz CT molecular complexity index is 842. The first-order valence-electron chi connectivity index (χ1n) is 9.39. The predicted molar refractivity (Wildman–Crippen MR) is 109 cm³/mol. The van der Waals surface area contributed by atoms with E-state index >= 15 is 0 Å². The summed E-state index contributed by atoms with van der Waals surface area (Å²) in [5.41, 5.74) is 2.20. The molecule has 0 saturated carbocycles. The molecule has 1 fully saturated rings. The van der Waals surface area contributed by atoms with Crippen molar-refractivity contribution in [2.24, 2.45) is 0 Å². The van der Waals surface area contributed by atoms with Crippen molar-refractivity contribution in [3.8, 4) is 5.75 Å². The number of aryl methyl sites for hydroxylation is 1. The Balaban J connectivity index is 1.48. The summed E-state index contributed by atoms with van der Waals surface area (Å²) in [6.45, 7) is 6.48. The Morgan fingerprint density at radius 3 is 2.30 bits per heavy atom. The molecule has 0 unspecified atom stereocenters. The fraction of sp³-hybridized carbons (Fsp3) is 0.429. The van der Waals surface area contributed by atoms with Gasteiger partial charge in [0.25, 0.3) is 0 Å². The maximum atomic E-state index is 12.5. The molecule has 1 heterocycles. The Kier molecular flexibility index (Phi) is 6.39. The van der Waals surface area contributed by atoms with Crippen LogP contribution in [0.3, 0.4) is 0 Å². The van der Waals surface area contributed by atoms with Gasteiger partial charge < -0.3 is 9.64 Å². The zero-order valence-electron chi connectivity index (χ0n) is 16.1. The number of rotatable bonds is 7. The van der Waals surface area contributed by atoms with Gasteiger partial charge in [-0.15, -0.1) is 0 Å². The van der Waals surface area contributed by atoms with Gasteiger partial charge in [0, 0.05) is 26.2 Å². The molecule has 0 N–H and O–H groups in total. The summed E-state index contributed by atoms with van der Waals surface area (Å²) in [6, 6.07) is 15.2. The summed E-state index contributed by atoms with van der Waals surface area (Å²) in [6.07, 6.45) is 0.658. The molecule has 1 saturated heterocycles. The number of ether oxygens (including phenoxy) is 1. The normalized spacial score (nSPS) is 15.7. The third-order valence-electron chi connectivity index (χ3n) is 5.07. The van der Waals surface area contributed by atoms with E-state index in [1.807, 2.05) is 37.3 Å². The molecule has 27 heavy (non-hydrogen) atoms. The largest absolute Gasteiger partial charge is 0.495 e. The Hall–Kier alpha value is -2.05. The minimum absolute atomic E-state index is 0.197. The molecule has 146 valence electrons. The number of hydrogen-bond donors (Lipinski definition) is 0. The fourth-order valence-corrected chi connectivity index (χ4v) is 4.74. The molecule has 5 nitrogen and oxygen atoms in total. The number of para-hydroxylation sites is 2. The lowest BCUT2D eigenvalue weighted by Crippen LogP contribution is -2.46. The molecule has 0 bridgehead atoms. The van der Waals surface area contributed by atoms with Crippen LogP contribution in [0.2, 0.25) is 0 Å². The van der Waals surface area contributed by atoms with Gasteiger partial charge in [-0.2, -0.15) is 0 Å². The third kappa shape index (κ3) is 5.02. The van der Waals surface area contributed by atoms with Crippen molar-refractivity contribution in [1.82, 2.24) is 4.90 Å². The van der Waals surface area contributed by atoms with Crippen molar-refractivity contribution in [3.05, 3.63) is 54.1 Å². The highest BCUT2D eigenvalue weighted by Crippen LogP contribution is 2.28. The number of piperazine rings is 1. The molecular weight excluding hydrogens is 360 g/mol. The van der Waals surface area contributed by atoms with Gasteiger partial charge in [-0.1, -0.05) is 29.8 Å². The average Bonchev–Trinajstić information content (AvgIpc) is 2.69. The number of hydrogen-bond acceptors (Lipinski definition) is 5. The molecule has 0 atom stereocenters. The minimum Gasteiger partial charge on any atom is -0.495 e. The van der Waals surface area contributed by atoms with Crippen LogP contribution < -0.4 is 9.64 Å². The van der Waals surface area contributed by atoms with Crippen molar-refractivity contribution < 1.29 is 13.2 Å². The van der Waals surface area contributed by atoms with Gasteiger partial charge in [0.15, 0.2) is 9.84 Å². The number of sulfone groups is 1. The Morgan fingerprint density at radius 2 is 1.63 bits per heavy atom. The molecule has 1 aliphatic heterocycles. The van der Waals surface area contributed by atoms with Crippen LogP contribution in [-0.4, -0.2) is 58.9 Å². The van der Waals surface area contributed by atoms with Crippen LogP contribution >= 0.6 is 0 Å². The Labute approximate surface area is 162 Å². The quantitative estimate of drug-likeness (QED) is 0.730. The van der Waals surface area contributed by atoms with E-state index < -0.39 is 9.84 Å². The van der Waals surface area contributed by atoms with E-state index in [0.717, 1.165) is 49.7 Å². The van der Waals surface area contributed by atoms with E-state index in [0.29, 0.717) is 11.3 Å². The molecule has 0 aromatic heterocycles. The second kappa shape index (κ2) is 8.76. The summed E-state index contributed by atoms with van der Waals surface area (Å²) in [5, 5.41) is 0. The first kappa shape index (κ1) is 19.7. The zero-order chi connectivity index (χ0) is 19.3. The SMILES string of the molecule is COc1ccccc1N1CCN(CCCS(=O)(=O)c2ccc(C)cc2)CC1. The van der Waals surface area contributed by atoms with E-state index in [1.165, 1.54) is 0 Å². The van der Waals surface area contributed by atoms with Crippen molar-refractivity contribution in [2.45, 2.75) is 18.2 Å². The number of methoxy groups -OCH3 is 1. The van der Waals surface area contributed by atoms with E-state index in [4.69, 9.17) is 4.74 Å². The van der Waals surface area contributed by atoms with Crippen LogP contribution in [0.15, 0.2) is 53.4 Å². The van der Waals surface area contributed by atoms with Gasteiger partial charge in [-0.3, -0.25) is 4.90 Å². The molecule has 2 aromatic rings. The van der Waals surface area contributed by atoms with Gasteiger partial charge in [-0.05, 0) is 44.2 Å². The van der Waals surface area contributed by atoms with Crippen molar-refractivity contribution in [3.63, 3.8) is 0 Å². The molecular formula is C21H28N2O3S. The first-order valence-corrected chi connectivity index (χ1v) is 11.0. The van der Waals surface area contributed by atoms with Gasteiger partial charge in [0.05, 0.1) is 23.4 Å². The molecule has 0 amide bonds. The molecule has 3 rings (SSSR count). The predicted octanol–water partition coefficient (Wildman–Crippen LogP) is 2.99. The molecule has 6 heteroatoms. The highest BCUT2D eigenvalue weighted by atomic mass is 32.2. The highest BCUT2D eigenvalue weighted by molar-refractivity contribution is 7.91. The lowest BCUT2D eigenvalue weighted by atomic mass is 10.2. The van der Waals surface area contributed by atoms with E-state index in [1.54, 1.807) is 19.2 Å². The van der Waals surface area contributed by atoms with Crippen LogP contribution in [0.4, 0.5) is 5.69 Å². The molecule has 0 spiro atoms. The number of nitrogens with zero attached hydrogens (tertiary/aromatic N) is 2. The molecule has 0 aliphatic carbocycles. The van der Waals surface area contributed by atoms with E-state index in [9.17, 15) is 8.42 Å². The zero-order valence-corrected chi connectivity index (χ0v) is 16.9. The topological polar surface area (TPSA) is 49.9 Å². The monoisotopic (exact) mass is 388 g/mol. The first-order chi connectivity index (χ1) is 13.0. The molecule has 1 aliphatic rings. The van der Waals surface area contributed by atoms with E-state index in [2.05, 4.69) is 15.9 Å². The minimum atomic E-state index is -3.19. The summed E-state index contributed by atoms with van der Waals surface area (Å²) in [5.74, 6) is 1.10. The van der Waals surface area contributed by atoms with Crippen LogP contribution in [0.5, 0.6) is 5.75 Å². The van der Waals surface area contributed by atoms with Gasteiger partial charge in [0.2, 0.25) is 0 Å².